The van der Waals surface area contributed by atoms with E-state index in [-0.39, 0.29) is 0 Å². The fraction of sp³-hybridized carbons (Fsp3) is 0.182. The minimum absolute atomic E-state index is 0.641. The molecule has 0 fully saturated rings. The zero-order valence-corrected chi connectivity index (χ0v) is 10.5. The van der Waals surface area contributed by atoms with Gasteiger partial charge in [0.05, 0.1) is 15.9 Å². The predicted octanol–water partition coefficient (Wildman–Crippen LogP) is 2.88. The minimum Gasteiger partial charge on any atom is -0.476 e. The molecular formula is C11H11IN2O. The van der Waals surface area contributed by atoms with E-state index in [1.807, 2.05) is 48.1 Å². The summed E-state index contributed by atoms with van der Waals surface area (Å²) in [5.41, 5.74) is 1.04. The minimum atomic E-state index is 0.641. The van der Waals surface area contributed by atoms with Crippen molar-refractivity contribution in [2.45, 2.75) is 6.92 Å². The van der Waals surface area contributed by atoms with Crippen LogP contribution in [0.4, 0.5) is 0 Å². The number of nitrogens with zero attached hydrogens (tertiary/aromatic N) is 2. The van der Waals surface area contributed by atoms with Gasteiger partial charge in [0.15, 0.2) is 0 Å². The quantitative estimate of drug-likeness (QED) is 0.815. The molecule has 0 aliphatic heterocycles. The Hall–Kier alpha value is -1.04. The van der Waals surface area contributed by atoms with Crippen LogP contribution in [0.5, 0.6) is 5.88 Å². The molecule has 15 heavy (non-hydrogen) atoms. The van der Waals surface area contributed by atoms with E-state index >= 15 is 0 Å². The van der Waals surface area contributed by atoms with Gasteiger partial charge in [-0.15, -0.1) is 5.10 Å². The Morgan fingerprint density at radius 1 is 1.33 bits per heavy atom. The van der Waals surface area contributed by atoms with Gasteiger partial charge in [-0.05, 0) is 41.6 Å². The lowest BCUT2D eigenvalue weighted by atomic mass is 10.3. The van der Waals surface area contributed by atoms with E-state index in [0.717, 1.165) is 9.26 Å². The number of halogens is 1. The molecule has 0 aliphatic rings. The number of ether oxygens (including phenoxy) is 1. The third kappa shape index (κ3) is 2.31. The van der Waals surface area contributed by atoms with Crippen molar-refractivity contribution in [3.63, 3.8) is 0 Å². The highest BCUT2D eigenvalue weighted by Crippen LogP contribution is 2.20. The molecule has 0 atom stereocenters. The maximum absolute atomic E-state index is 5.40. The topological polar surface area (TPSA) is 27.1 Å². The second kappa shape index (κ2) is 4.65. The van der Waals surface area contributed by atoms with E-state index in [9.17, 15) is 0 Å². The fourth-order valence-corrected chi connectivity index (χ4v) is 1.81. The lowest BCUT2D eigenvalue weighted by molar-refractivity contribution is 0.322. The van der Waals surface area contributed by atoms with Gasteiger partial charge in [-0.1, -0.05) is 18.2 Å². The van der Waals surface area contributed by atoms with Crippen molar-refractivity contribution in [2.75, 3.05) is 6.61 Å². The highest BCUT2D eigenvalue weighted by atomic mass is 127. The normalized spacial score (nSPS) is 10.3. The van der Waals surface area contributed by atoms with Crippen molar-refractivity contribution in [1.29, 1.82) is 0 Å². The Bertz CT molecular complexity index is 439. The van der Waals surface area contributed by atoms with Crippen molar-refractivity contribution < 1.29 is 4.74 Å². The summed E-state index contributed by atoms with van der Waals surface area (Å²) in [6.45, 7) is 2.60. The summed E-state index contributed by atoms with van der Waals surface area (Å²) in [6, 6.07) is 9.99. The van der Waals surface area contributed by atoms with Crippen molar-refractivity contribution >= 4 is 22.6 Å². The van der Waals surface area contributed by atoms with E-state index in [0.29, 0.717) is 12.5 Å². The number of hydrogen-bond donors (Lipinski definition) is 0. The van der Waals surface area contributed by atoms with Crippen LogP contribution in [-0.2, 0) is 0 Å². The molecule has 3 nitrogen and oxygen atoms in total. The van der Waals surface area contributed by atoms with Crippen LogP contribution < -0.4 is 4.74 Å². The van der Waals surface area contributed by atoms with Crippen LogP contribution in [0, 0.1) is 3.57 Å². The van der Waals surface area contributed by atoms with E-state index < -0.39 is 0 Å². The van der Waals surface area contributed by atoms with Crippen molar-refractivity contribution in [3.8, 4) is 11.6 Å². The van der Waals surface area contributed by atoms with Crippen LogP contribution in [0.3, 0.4) is 0 Å². The maximum atomic E-state index is 5.40. The molecule has 0 spiro atoms. The average Bonchev–Trinajstić information content (AvgIpc) is 2.63. The van der Waals surface area contributed by atoms with Crippen LogP contribution >= 0.6 is 22.6 Å². The summed E-state index contributed by atoms with van der Waals surface area (Å²) in [5, 5.41) is 4.36. The van der Waals surface area contributed by atoms with E-state index in [1.54, 1.807) is 0 Å². The third-order valence-corrected chi connectivity index (χ3v) is 2.68. The second-order valence-corrected chi connectivity index (χ2v) is 4.16. The van der Waals surface area contributed by atoms with Crippen LogP contribution in [0.1, 0.15) is 6.92 Å². The van der Waals surface area contributed by atoms with Gasteiger partial charge >= 0.3 is 0 Å². The molecule has 0 saturated heterocycles. The lowest BCUT2D eigenvalue weighted by Crippen LogP contribution is -1.96. The molecule has 1 aromatic carbocycles. The fourth-order valence-electron chi connectivity index (χ4n) is 1.28. The van der Waals surface area contributed by atoms with Gasteiger partial charge < -0.3 is 4.74 Å². The standard InChI is InChI=1S/C11H11IN2O/c1-2-15-11-10(12)8-14(13-11)9-6-4-3-5-7-9/h3-8H,2H2,1H3. The molecule has 78 valence electrons. The highest BCUT2D eigenvalue weighted by molar-refractivity contribution is 14.1. The summed E-state index contributed by atoms with van der Waals surface area (Å²) >= 11 is 2.22. The number of aromatic nitrogens is 2. The first-order chi connectivity index (χ1) is 7.31. The molecule has 0 radical (unpaired) electrons. The molecule has 0 N–H and O–H groups in total. The molecule has 4 heteroatoms. The Balaban J connectivity index is 2.34. The zero-order chi connectivity index (χ0) is 10.7. The Morgan fingerprint density at radius 2 is 2.07 bits per heavy atom. The highest BCUT2D eigenvalue weighted by Gasteiger charge is 2.07. The summed E-state index contributed by atoms with van der Waals surface area (Å²) in [4.78, 5) is 0. The maximum Gasteiger partial charge on any atom is 0.246 e. The zero-order valence-electron chi connectivity index (χ0n) is 8.35. The number of rotatable bonds is 3. The number of hydrogen-bond acceptors (Lipinski definition) is 2. The predicted molar refractivity (Wildman–Crippen MR) is 67.5 cm³/mol. The van der Waals surface area contributed by atoms with E-state index in [2.05, 4.69) is 27.7 Å². The Kier molecular flexibility index (Phi) is 3.25. The second-order valence-electron chi connectivity index (χ2n) is 3.00. The van der Waals surface area contributed by atoms with E-state index in [4.69, 9.17) is 4.74 Å². The van der Waals surface area contributed by atoms with Crippen molar-refractivity contribution in [2.24, 2.45) is 0 Å². The smallest absolute Gasteiger partial charge is 0.246 e. The first-order valence-electron chi connectivity index (χ1n) is 4.74. The van der Waals surface area contributed by atoms with Crippen LogP contribution in [0.2, 0.25) is 0 Å². The largest absolute Gasteiger partial charge is 0.476 e. The molecule has 0 aliphatic carbocycles. The summed E-state index contributed by atoms with van der Waals surface area (Å²) in [5.74, 6) is 0.696. The van der Waals surface area contributed by atoms with Gasteiger partial charge in [-0.25, -0.2) is 4.68 Å². The molecule has 2 aromatic rings. The molecule has 0 amide bonds. The average molecular weight is 314 g/mol. The van der Waals surface area contributed by atoms with Crippen LogP contribution in [0.25, 0.3) is 5.69 Å². The Morgan fingerprint density at radius 3 is 2.73 bits per heavy atom. The van der Waals surface area contributed by atoms with Crippen molar-refractivity contribution in [3.05, 3.63) is 40.1 Å². The van der Waals surface area contributed by atoms with Crippen LogP contribution in [-0.4, -0.2) is 16.4 Å². The Labute approximate surface area is 102 Å². The van der Waals surface area contributed by atoms with Gasteiger partial charge in [0.1, 0.15) is 0 Å². The molecule has 0 saturated carbocycles. The van der Waals surface area contributed by atoms with Gasteiger partial charge in [0.25, 0.3) is 0 Å². The van der Waals surface area contributed by atoms with Gasteiger partial charge in [-0.2, -0.15) is 0 Å². The number of para-hydroxylation sites is 1. The van der Waals surface area contributed by atoms with Gasteiger partial charge in [-0.3, -0.25) is 0 Å². The molecule has 1 heterocycles. The lowest BCUT2D eigenvalue weighted by Gasteiger charge is -1.99. The molecule has 0 bridgehead atoms. The SMILES string of the molecule is CCOc1nn(-c2ccccc2)cc1I. The molecule has 2 rings (SSSR count). The monoisotopic (exact) mass is 314 g/mol. The summed E-state index contributed by atoms with van der Waals surface area (Å²) in [6.07, 6.45) is 1.96. The van der Waals surface area contributed by atoms with Gasteiger partial charge in [0, 0.05) is 6.20 Å². The van der Waals surface area contributed by atoms with Crippen LogP contribution in [0.15, 0.2) is 36.5 Å². The summed E-state index contributed by atoms with van der Waals surface area (Å²) < 4.78 is 8.25. The van der Waals surface area contributed by atoms with E-state index in [1.165, 1.54) is 0 Å². The van der Waals surface area contributed by atoms with Crippen molar-refractivity contribution in [1.82, 2.24) is 9.78 Å². The number of benzene rings is 1. The third-order valence-electron chi connectivity index (χ3n) is 1.94. The summed E-state index contributed by atoms with van der Waals surface area (Å²) in [7, 11) is 0. The first-order valence-corrected chi connectivity index (χ1v) is 5.82. The molecule has 0 unspecified atom stereocenters. The first kappa shape index (κ1) is 10.5. The molecular weight excluding hydrogens is 303 g/mol. The molecule has 1 aromatic heterocycles. The van der Waals surface area contributed by atoms with Gasteiger partial charge in [0.2, 0.25) is 5.88 Å².